The van der Waals surface area contributed by atoms with Crippen molar-refractivity contribution in [1.29, 1.82) is 0 Å². The highest BCUT2D eigenvalue weighted by Crippen LogP contribution is 2.49. The Balaban J connectivity index is 1.96. The van der Waals surface area contributed by atoms with Crippen molar-refractivity contribution in [3.05, 3.63) is 28.3 Å². The van der Waals surface area contributed by atoms with Crippen molar-refractivity contribution in [3.8, 4) is 5.75 Å². The molecule has 92 valence electrons. The highest BCUT2D eigenvalue weighted by Gasteiger charge is 2.35. The molecule has 0 bridgehead atoms. The van der Waals surface area contributed by atoms with Crippen LogP contribution in [0.15, 0.2) is 12.1 Å². The summed E-state index contributed by atoms with van der Waals surface area (Å²) in [5.74, 6) is 2.28. The van der Waals surface area contributed by atoms with Crippen LogP contribution in [0.25, 0.3) is 0 Å². The predicted molar refractivity (Wildman–Crippen MR) is 71.1 cm³/mol. The van der Waals surface area contributed by atoms with Crippen LogP contribution < -0.4 is 4.74 Å². The molecular formula is C14H16Cl2O. The third-order valence-electron chi connectivity index (χ3n) is 3.90. The molecule has 1 heterocycles. The lowest BCUT2D eigenvalue weighted by Gasteiger charge is -2.20. The van der Waals surface area contributed by atoms with Crippen LogP contribution in [0.5, 0.6) is 5.75 Å². The van der Waals surface area contributed by atoms with Gasteiger partial charge < -0.3 is 4.74 Å². The molecule has 0 amide bonds. The van der Waals surface area contributed by atoms with Crippen LogP contribution in [0.3, 0.4) is 0 Å². The Morgan fingerprint density at radius 3 is 2.82 bits per heavy atom. The lowest BCUT2D eigenvalue weighted by Crippen LogP contribution is -2.07. The lowest BCUT2D eigenvalue weighted by atomic mass is 9.94. The van der Waals surface area contributed by atoms with Crippen molar-refractivity contribution < 1.29 is 4.74 Å². The van der Waals surface area contributed by atoms with Gasteiger partial charge in [0.1, 0.15) is 5.75 Å². The van der Waals surface area contributed by atoms with E-state index in [0.29, 0.717) is 5.92 Å². The Morgan fingerprint density at radius 1 is 1.35 bits per heavy atom. The monoisotopic (exact) mass is 270 g/mol. The summed E-state index contributed by atoms with van der Waals surface area (Å²) in [6, 6.07) is 3.97. The zero-order chi connectivity index (χ0) is 12.0. The molecule has 0 N–H and O–H groups in total. The molecule has 1 fully saturated rings. The van der Waals surface area contributed by atoms with Crippen molar-refractivity contribution in [1.82, 2.24) is 0 Å². The first-order valence-corrected chi connectivity index (χ1v) is 7.07. The van der Waals surface area contributed by atoms with Gasteiger partial charge in [-0.15, -0.1) is 11.6 Å². The normalized spacial score (nSPS) is 21.8. The minimum atomic E-state index is 0.0213. The molecule has 0 spiro atoms. The third-order valence-corrected chi connectivity index (χ3v) is 4.75. The maximum atomic E-state index is 6.61. The van der Waals surface area contributed by atoms with Crippen LogP contribution >= 0.6 is 23.2 Å². The summed E-state index contributed by atoms with van der Waals surface area (Å²) in [5.41, 5.74) is 2.30. The van der Waals surface area contributed by atoms with E-state index in [-0.39, 0.29) is 5.38 Å². The molecule has 3 rings (SSSR count). The minimum Gasteiger partial charge on any atom is -0.493 e. The molecule has 2 atom stereocenters. The van der Waals surface area contributed by atoms with Crippen LogP contribution in [0.1, 0.15) is 36.3 Å². The molecule has 2 aliphatic rings. The number of benzene rings is 1. The lowest BCUT2D eigenvalue weighted by molar-refractivity contribution is 0.349. The molecule has 2 unspecified atom stereocenters. The summed E-state index contributed by atoms with van der Waals surface area (Å²) in [4.78, 5) is 0. The molecule has 1 nitrogen and oxygen atoms in total. The average molecular weight is 271 g/mol. The van der Waals surface area contributed by atoms with Crippen molar-refractivity contribution in [3.63, 3.8) is 0 Å². The van der Waals surface area contributed by atoms with Gasteiger partial charge >= 0.3 is 0 Å². The Hall–Kier alpha value is -0.400. The summed E-state index contributed by atoms with van der Waals surface area (Å²) in [7, 11) is 0. The first-order chi connectivity index (χ1) is 8.16. The Morgan fingerprint density at radius 2 is 2.12 bits per heavy atom. The summed E-state index contributed by atoms with van der Waals surface area (Å²) in [6.07, 6.45) is 3.58. The summed E-state index contributed by atoms with van der Waals surface area (Å²) in [5, 5.41) is 0.797. The maximum Gasteiger partial charge on any atom is 0.127 e. The van der Waals surface area contributed by atoms with Crippen LogP contribution in [-0.4, -0.2) is 6.61 Å². The molecular weight excluding hydrogens is 255 g/mol. The number of ether oxygens (including phenoxy) is 1. The van der Waals surface area contributed by atoms with E-state index >= 15 is 0 Å². The molecule has 1 aliphatic carbocycles. The molecule has 1 aromatic carbocycles. The van der Waals surface area contributed by atoms with Gasteiger partial charge in [-0.1, -0.05) is 18.5 Å². The molecule has 1 saturated carbocycles. The largest absolute Gasteiger partial charge is 0.493 e. The van der Waals surface area contributed by atoms with Crippen molar-refractivity contribution in [2.75, 3.05) is 6.61 Å². The molecule has 1 aromatic rings. The number of alkyl halides is 1. The second-order valence-corrected chi connectivity index (χ2v) is 6.09. The topological polar surface area (TPSA) is 9.23 Å². The SMILES string of the molecule is CC(C1CC1)C(Cl)c1cc(Cl)cc2c1OCC2. The highest BCUT2D eigenvalue weighted by atomic mass is 35.5. The summed E-state index contributed by atoms with van der Waals surface area (Å²) < 4.78 is 5.71. The molecule has 0 radical (unpaired) electrons. The predicted octanol–water partition coefficient (Wildman–Crippen LogP) is 4.60. The molecule has 0 aromatic heterocycles. The number of halogens is 2. The van der Waals surface area contributed by atoms with E-state index in [2.05, 4.69) is 6.92 Å². The van der Waals surface area contributed by atoms with Gasteiger partial charge in [0.15, 0.2) is 0 Å². The van der Waals surface area contributed by atoms with E-state index < -0.39 is 0 Å². The number of hydrogen-bond donors (Lipinski definition) is 0. The van der Waals surface area contributed by atoms with Gasteiger partial charge in [-0.2, -0.15) is 0 Å². The van der Waals surface area contributed by atoms with Crippen LogP contribution in [0.4, 0.5) is 0 Å². The van der Waals surface area contributed by atoms with Gasteiger partial charge in [0.25, 0.3) is 0 Å². The van der Waals surface area contributed by atoms with Crippen molar-refractivity contribution in [2.24, 2.45) is 11.8 Å². The first-order valence-electron chi connectivity index (χ1n) is 6.26. The Labute approximate surface area is 112 Å². The fraction of sp³-hybridized carbons (Fsp3) is 0.571. The van der Waals surface area contributed by atoms with Crippen LogP contribution in [0.2, 0.25) is 5.02 Å². The van der Waals surface area contributed by atoms with Gasteiger partial charge in [0.05, 0.1) is 12.0 Å². The second-order valence-electron chi connectivity index (χ2n) is 5.18. The van der Waals surface area contributed by atoms with Gasteiger partial charge in [-0.25, -0.2) is 0 Å². The average Bonchev–Trinajstić information content (AvgIpc) is 3.05. The smallest absolute Gasteiger partial charge is 0.127 e. The summed E-state index contributed by atoms with van der Waals surface area (Å²) >= 11 is 12.8. The second kappa shape index (κ2) is 4.37. The zero-order valence-electron chi connectivity index (χ0n) is 9.88. The minimum absolute atomic E-state index is 0.0213. The van der Waals surface area contributed by atoms with Crippen LogP contribution in [0, 0.1) is 11.8 Å². The summed E-state index contributed by atoms with van der Waals surface area (Å²) in [6.45, 7) is 2.99. The number of fused-ring (bicyclic) bond motifs is 1. The van der Waals surface area contributed by atoms with E-state index in [0.717, 1.165) is 35.3 Å². The van der Waals surface area contributed by atoms with Gasteiger partial charge in [-0.05, 0) is 42.4 Å². The molecule has 17 heavy (non-hydrogen) atoms. The number of hydrogen-bond acceptors (Lipinski definition) is 1. The Kier molecular flexibility index (Phi) is 3.00. The van der Waals surface area contributed by atoms with E-state index in [1.54, 1.807) is 0 Å². The molecule has 0 saturated heterocycles. The van der Waals surface area contributed by atoms with Gasteiger partial charge in [0, 0.05) is 17.0 Å². The quantitative estimate of drug-likeness (QED) is 0.730. The highest BCUT2D eigenvalue weighted by molar-refractivity contribution is 6.31. The third kappa shape index (κ3) is 2.15. The maximum absolute atomic E-state index is 6.61. The first kappa shape index (κ1) is 11.7. The zero-order valence-corrected chi connectivity index (χ0v) is 11.4. The molecule has 1 aliphatic heterocycles. The fourth-order valence-corrected chi connectivity index (χ4v) is 3.26. The van der Waals surface area contributed by atoms with E-state index in [1.165, 1.54) is 18.4 Å². The van der Waals surface area contributed by atoms with E-state index in [1.807, 2.05) is 12.1 Å². The van der Waals surface area contributed by atoms with E-state index in [4.69, 9.17) is 27.9 Å². The fourth-order valence-electron chi connectivity index (χ4n) is 2.65. The van der Waals surface area contributed by atoms with Gasteiger partial charge in [0.2, 0.25) is 0 Å². The van der Waals surface area contributed by atoms with Gasteiger partial charge in [-0.3, -0.25) is 0 Å². The Bertz CT molecular complexity index is 440. The van der Waals surface area contributed by atoms with E-state index in [9.17, 15) is 0 Å². The molecule has 3 heteroatoms. The number of rotatable bonds is 3. The standard InChI is InChI=1S/C14H16Cl2O/c1-8(9-2-3-9)13(16)12-7-11(15)6-10-4-5-17-14(10)12/h6-9,13H,2-5H2,1H3. The van der Waals surface area contributed by atoms with Crippen molar-refractivity contribution >= 4 is 23.2 Å². The van der Waals surface area contributed by atoms with Crippen LogP contribution in [-0.2, 0) is 6.42 Å². The van der Waals surface area contributed by atoms with Crippen molar-refractivity contribution in [2.45, 2.75) is 31.6 Å².